The minimum Gasteiger partial charge on any atom is -0.493 e. The molecule has 2 aromatic rings. The number of nitriles is 1. The number of nitrogens with zero attached hydrogens (tertiary/aromatic N) is 2. The summed E-state index contributed by atoms with van der Waals surface area (Å²) in [6.07, 6.45) is 3.01. The van der Waals surface area contributed by atoms with E-state index in [1.165, 1.54) is 12.0 Å². The fourth-order valence-corrected chi connectivity index (χ4v) is 4.13. The molecule has 1 heterocycles. The highest BCUT2D eigenvalue weighted by Crippen LogP contribution is 2.49. The molecule has 158 valence electrons. The van der Waals surface area contributed by atoms with Gasteiger partial charge < -0.3 is 18.9 Å². The third-order valence-corrected chi connectivity index (χ3v) is 5.56. The van der Waals surface area contributed by atoms with Crippen LogP contribution >= 0.6 is 0 Å². The van der Waals surface area contributed by atoms with Crippen molar-refractivity contribution in [2.24, 2.45) is 4.99 Å². The van der Waals surface area contributed by atoms with Crippen molar-refractivity contribution in [1.82, 2.24) is 0 Å². The lowest BCUT2D eigenvalue weighted by Crippen LogP contribution is -2.20. The molecule has 0 aromatic heterocycles. The van der Waals surface area contributed by atoms with E-state index < -0.39 is 0 Å². The van der Waals surface area contributed by atoms with E-state index >= 15 is 0 Å². The predicted octanol–water partition coefficient (Wildman–Crippen LogP) is 4.98. The average molecular weight is 416 g/mol. The Morgan fingerprint density at radius 3 is 2.68 bits per heavy atom. The van der Waals surface area contributed by atoms with Gasteiger partial charge in [0.15, 0.2) is 17.9 Å². The third kappa shape index (κ3) is 3.75. The van der Waals surface area contributed by atoms with E-state index in [1.54, 1.807) is 14.2 Å². The summed E-state index contributed by atoms with van der Waals surface area (Å²) in [5.74, 6) is 1.98. The number of fused-ring (bicyclic) bond motifs is 2. The van der Waals surface area contributed by atoms with Gasteiger partial charge in [-0.1, -0.05) is 30.3 Å². The van der Waals surface area contributed by atoms with E-state index in [1.807, 2.05) is 37.3 Å². The van der Waals surface area contributed by atoms with Crippen LogP contribution < -0.4 is 9.47 Å². The van der Waals surface area contributed by atoms with E-state index in [0.717, 1.165) is 35.3 Å². The molecule has 0 spiro atoms. The lowest BCUT2D eigenvalue weighted by atomic mass is 9.76. The quantitative estimate of drug-likeness (QED) is 0.491. The zero-order valence-electron chi connectivity index (χ0n) is 17.8. The summed E-state index contributed by atoms with van der Waals surface area (Å²) in [7, 11) is 3.21. The number of hydrogen-bond acceptors (Lipinski definition) is 6. The van der Waals surface area contributed by atoms with Crippen molar-refractivity contribution in [3.63, 3.8) is 0 Å². The molecule has 6 heteroatoms. The van der Waals surface area contributed by atoms with Gasteiger partial charge in [-0.15, -0.1) is 0 Å². The fraction of sp³-hybridized carbons (Fsp3) is 0.280. The maximum atomic E-state index is 10.1. The van der Waals surface area contributed by atoms with Gasteiger partial charge in [0, 0.05) is 11.5 Å². The van der Waals surface area contributed by atoms with Crippen molar-refractivity contribution in [3.05, 3.63) is 76.2 Å². The molecule has 0 N–H and O–H groups in total. The standard InChI is InChI=1S/C25H24N2O4/c1-4-30-15-27-25-20(14-26)23(17-10-12-21(28-2)22(13-17)29-3)19-11-9-16-7-5-6-8-18(16)24(19)31-25/h5-8,10,12-13,15,23H,4,9,11H2,1-3H3. The van der Waals surface area contributed by atoms with E-state index in [4.69, 9.17) is 18.9 Å². The second-order valence-electron chi connectivity index (χ2n) is 7.18. The Labute approximate surface area is 182 Å². The molecule has 0 amide bonds. The molecule has 1 aliphatic heterocycles. The van der Waals surface area contributed by atoms with Crippen LogP contribution in [0.15, 0.2) is 64.5 Å². The second-order valence-corrected chi connectivity index (χ2v) is 7.18. The number of aliphatic imine (C=N–C) groups is 1. The van der Waals surface area contributed by atoms with Crippen molar-refractivity contribution >= 4 is 12.2 Å². The summed E-state index contributed by atoms with van der Waals surface area (Å²) in [5, 5.41) is 10.1. The smallest absolute Gasteiger partial charge is 0.236 e. The Morgan fingerprint density at radius 2 is 1.94 bits per heavy atom. The first-order valence-electron chi connectivity index (χ1n) is 10.2. The zero-order chi connectivity index (χ0) is 21.8. The molecule has 2 aromatic carbocycles. The molecule has 2 aliphatic rings. The average Bonchev–Trinajstić information content (AvgIpc) is 2.82. The van der Waals surface area contributed by atoms with Gasteiger partial charge in [-0.3, -0.25) is 0 Å². The number of rotatable bonds is 6. The van der Waals surface area contributed by atoms with Crippen molar-refractivity contribution in [1.29, 1.82) is 5.26 Å². The Kier molecular flexibility index (Phi) is 5.94. The van der Waals surface area contributed by atoms with Crippen molar-refractivity contribution in [3.8, 4) is 17.6 Å². The van der Waals surface area contributed by atoms with Crippen LogP contribution in [0.1, 0.15) is 36.0 Å². The summed E-state index contributed by atoms with van der Waals surface area (Å²) >= 11 is 0. The molecule has 4 rings (SSSR count). The number of allylic oxidation sites excluding steroid dienone is 2. The molecule has 0 fully saturated rings. The predicted molar refractivity (Wildman–Crippen MR) is 118 cm³/mol. The Balaban J connectivity index is 1.91. The topological polar surface area (TPSA) is 73.1 Å². The van der Waals surface area contributed by atoms with Crippen molar-refractivity contribution in [2.45, 2.75) is 25.7 Å². The first kappa shape index (κ1) is 20.5. The minimum atomic E-state index is -0.296. The lowest BCUT2D eigenvalue weighted by Gasteiger charge is -2.33. The van der Waals surface area contributed by atoms with Crippen molar-refractivity contribution < 1.29 is 18.9 Å². The summed E-state index contributed by atoms with van der Waals surface area (Å²) < 4.78 is 22.4. The summed E-state index contributed by atoms with van der Waals surface area (Å²) in [5.41, 5.74) is 4.70. The normalized spacial score (nSPS) is 17.5. The van der Waals surface area contributed by atoms with Crippen LogP contribution in [0.25, 0.3) is 5.76 Å². The number of methoxy groups -OCH3 is 2. The Hall–Kier alpha value is -3.72. The van der Waals surface area contributed by atoms with Gasteiger partial charge in [-0.25, -0.2) is 0 Å². The molecule has 0 saturated carbocycles. The summed E-state index contributed by atoms with van der Waals surface area (Å²) in [6, 6.07) is 16.3. The Morgan fingerprint density at radius 1 is 1.13 bits per heavy atom. The van der Waals surface area contributed by atoms with Gasteiger partial charge in [0.05, 0.1) is 20.8 Å². The van der Waals surface area contributed by atoms with Gasteiger partial charge in [0.2, 0.25) is 5.88 Å². The fourth-order valence-electron chi connectivity index (χ4n) is 4.13. The molecule has 1 atom stereocenters. The van der Waals surface area contributed by atoms with E-state index in [2.05, 4.69) is 23.2 Å². The van der Waals surface area contributed by atoms with Crippen LogP contribution in [0.4, 0.5) is 0 Å². The van der Waals surface area contributed by atoms with Gasteiger partial charge in [-0.05, 0) is 48.6 Å². The number of ether oxygens (including phenoxy) is 4. The zero-order valence-corrected chi connectivity index (χ0v) is 17.8. The van der Waals surface area contributed by atoms with E-state index in [0.29, 0.717) is 23.7 Å². The Bertz CT molecular complexity index is 1120. The van der Waals surface area contributed by atoms with Crippen LogP contribution in [0, 0.1) is 11.3 Å². The van der Waals surface area contributed by atoms with Gasteiger partial charge in [0.1, 0.15) is 17.4 Å². The molecule has 1 unspecified atom stereocenters. The molecule has 31 heavy (non-hydrogen) atoms. The SMILES string of the molecule is CCOC=NC1=C(C#N)C(c2ccc(OC)c(OC)c2)C2=C(O1)c1ccccc1CC2. The highest BCUT2D eigenvalue weighted by atomic mass is 16.5. The van der Waals surface area contributed by atoms with Gasteiger partial charge >= 0.3 is 0 Å². The summed E-state index contributed by atoms with van der Waals surface area (Å²) in [6.45, 7) is 2.35. The van der Waals surface area contributed by atoms with Crippen LogP contribution in [0.3, 0.4) is 0 Å². The van der Waals surface area contributed by atoms with Crippen molar-refractivity contribution in [2.75, 3.05) is 20.8 Å². The van der Waals surface area contributed by atoms with Gasteiger partial charge in [-0.2, -0.15) is 10.3 Å². The summed E-state index contributed by atoms with van der Waals surface area (Å²) in [4.78, 5) is 4.34. The highest BCUT2D eigenvalue weighted by Gasteiger charge is 2.36. The number of hydrogen-bond donors (Lipinski definition) is 0. The molecule has 0 bridgehead atoms. The molecule has 0 radical (unpaired) electrons. The van der Waals surface area contributed by atoms with Gasteiger partial charge in [0.25, 0.3) is 0 Å². The van der Waals surface area contributed by atoms with Crippen LogP contribution in [0.2, 0.25) is 0 Å². The minimum absolute atomic E-state index is 0.256. The van der Waals surface area contributed by atoms with E-state index in [-0.39, 0.29) is 11.8 Å². The number of aryl methyl sites for hydroxylation is 1. The maximum absolute atomic E-state index is 10.1. The number of benzene rings is 2. The molecule has 0 saturated heterocycles. The first-order valence-corrected chi connectivity index (χ1v) is 10.2. The maximum Gasteiger partial charge on any atom is 0.236 e. The lowest BCUT2D eigenvalue weighted by molar-refractivity contribution is 0.325. The van der Waals surface area contributed by atoms with E-state index in [9.17, 15) is 5.26 Å². The molecular weight excluding hydrogens is 392 g/mol. The van der Waals surface area contributed by atoms with Crippen LogP contribution in [-0.4, -0.2) is 27.2 Å². The monoisotopic (exact) mass is 416 g/mol. The molecular formula is C25H24N2O4. The third-order valence-electron chi connectivity index (χ3n) is 5.56. The largest absolute Gasteiger partial charge is 0.493 e. The van der Waals surface area contributed by atoms with Crippen LogP contribution in [-0.2, 0) is 15.9 Å². The molecule has 6 nitrogen and oxygen atoms in total. The first-order chi connectivity index (χ1) is 15.2. The second kappa shape index (κ2) is 8.97. The molecule has 1 aliphatic carbocycles. The van der Waals surface area contributed by atoms with Crippen LogP contribution in [0.5, 0.6) is 11.5 Å². The highest BCUT2D eigenvalue weighted by molar-refractivity contribution is 5.74.